The summed E-state index contributed by atoms with van der Waals surface area (Å²) in [6, 6.07) is 9.21. The predicted molar refractivity (Wildman–Crippen MR) is 88.5 cm³/mol. The lowest BCUT2D eigenvalue weighted by atomic mass is 10.1. The molecular weight excluding hydrogens is 335 g/mol. The number of halogens is 3. The first kappa shape index (κ1) is 16.7. The third-order valence-corrected chi connectivity index (χ3v) is 4.66. The van der Waals surface area contributed by atoms with E-state index < -0.39 is 11.7 Å². The standard InChI is InChI=1S/C17H16F3N3S/c1-23-8-2-3-14(23)15-10-22-16(24-15)11-21-9-12-4-6-13(7-5-12)17(18,19)20/h2-8,10,21H,9,11H2,1H3. The molecular formula is C17H16F3N3S. The van der Waals surface area contributed by atoms with Crippen molar-refractivity contribution in [2.45, 2.75) is 19.3 Å². The highest BCUT2D eigenvalue weighted by molar-refractivity contribution is 7.15. The van der Waals surface area contributed by atoms with E-state index in [4.69, 9.17) is 0 Å². The molecule has 0 aliphatic rings. The number of nitrogens with zero attached hydrogens (tertiary/aromatic N) is 2. The number of alkyl halides is 3. The van der Waals surface area contributed by atoms with Crippen LogP contribution in [0.2, 0.25) is 0 Å². The van der Waals surface area contributed by atoms with E-state index in [1.165, 1.54) is 12.1 Å². The quantitative estimate of drug-likeness (QED) is 0.736. The number of thiazole rings is 1. The van der Waals surface area contributed by atoms with Gasteiger partial charge in [-0.05, 0) is 29.8 Å². The van der Waals surface area contributed by atoms with E-state index >= 15 is 0 Å². The first-order valence-corrected chi connectivity index (χ1v) is 8.18. The zero-order chi connectivity index (χ0) is 17.2. The van der Waals surface area contributed by atoms with Crippen molar-refractivity contribution >= 4 is 11.3 Å². The number of hydrogen-bond donors (Lipinski definition) is 1. The summed E-state index contributed by atoms with van der Waals surface area (Å²) in [5.74, 6) is 0. The fourth-order valence-electron chi connectivity index (χ4n) is 2.35. The van der Waals surface area contributed by atoms with Gasteiger partial charge in [-0.2, -0.15) is 13.2 Å². The zero-order valence-corrected chi connectivity index (χ0v) is 13.8. The van der Waals surface area contributed by atoms with E-state index in [0.29, 0.717) is 13.1 Å². The molecule has 2 aromatic heterocycles. The van der Waals surface area contributed by atoms with Gasteiger partial charge in [-0.3, -0.25) is 0 Å². The predicted octanol–water partition coefficient (Wildman–Crippen LogP) is 4.46. The summed E-state index contributed by atoms with van der Waals surface area (Å²) in [7, 11) is 1.98. The molecule has 0 aliphatic heterocycles. The van der Waals surface area contributed by atoms with Gasteiger partial charge in [-0.15, -0.1) is 11.3 Å². The molecule has 3 rings (SSSR count). The van der Waals surface area contributed by atoms with Crippen LogP contribution in [-0.4, -0.2) is 9.55 Å². The van der Waals surface area contributed by atoms with Crippen molar-refractivity contribution < 1.29 is 13.2 Å². The number of aryl methyl sites for hydroxylation is 1. The van der Waals surface area contributed by atoms with Crippen molar-refractivity contribution in [1.29, 1.82) is 0 Å². The lowest BCUT2D eigenvalue weighted by Crippen LogP contribution is -2.12. The minimum absolute atomic E-state index is 0.497. The second-order valence-corrected chi connectivity index (χ2v) is 6.54. The van der Waals surface area contributed by atoms with E-state index in [1.54, 1.807) is 11.3 Å². The van der Waals surface area contributed by atoms with Crippen LogP contribution < -0.4 is 5.32 Å². The van der Waals surface area contributed by atoms with Gasteiger partial charge >= 0.3 is 6.18 Å². The molecule has 1 aromatic carbocycles. The summed E-state index contributed by atoms with van der Waals surface area (Å²) in [6.45, 7) is 1.08. The summed E-state index contributed by atoms with van der Waals surface area (Å²) in [6.07, 6.45) is -0.465. The van der Waals surface area contributed by atoms with Crippen LogP contribution in [0, 0.1) is 0 Å². The third-order valence-electron chi connectivity index (χ3n) is 3.64. The number of nitrogens with one attached hydrogen (secondary N) is 1. The summed E-state index contributed by atoms with van der Waals surface area (Å²) >= 11 is 1.60. The Morgan fingerprint density at radius 2 is 1.88 bits per heavy atom. The Bertz CT molecular complexity index is 803. The van der Waals surface area contributed by atoms with E-state index in [9.17, 15) is 13.2 Å². The Kier molecular flexibility index (Phi) is 4.73. The van der Waals surface area contributed by atoms with Crippen LogP contribution in [0.4, 0.5) is 13.2 Å². The Morgan fingerprint density at radius 1 is 1.12 bits per heavy atom. The molecule has 0 aliphatic carbocycles. The fourth-order valence-corrected chi connectivity index (χ4v) is 3.31. The van der Waals surface area contributed by atoms with Gasteiger partial charge in [0, 0.05) is 32.5 Å². The highest BCUT2D eigenvalue weighted by Crippen LogP contribution is 2.29. The minimum Gasteiger partial charge on any atom is -0.350 e. The number of hydrogen-bond acceptors (Lipinski definition) is 3. The zero-order valence-electron chi connectivity index (χ0n) is 13.0. The van der Waals surface area contributed by atoms with Crippen LogP contribution in [0.3, 0.4) is 0 Å². The van der Waals surface area contributed by atoms with Crippen LogP contribution in [-0.2, 0) is 26.3 Å². The van der Waals surface area contributed by atoms with Gasteiger partial charge in [-0.25, -0.2) is 4.98 Å². The molecule has 7 heteroatoms. The van der Waals surface area contributed by atoms with E-state index in [2.05, 4.69) is 10.3 Å². The Labute approximate surface area is 141 Å². The molecule has 0 bridgehead atoms. The monoisotopic (exact) mass is 351 g/mol. The molecule has 0 atom stereocenters. The molecule has 0 spiro atoms. The molecule has 0 saturated carbocycles. The summed E-state index contributed by atoms with van der Waals surface area (Å²) < 4.78 is 39.6. The first-order valence-electron chi connectivity index (χ1n) is 7.37. The molecule has 0 saturated heterocycles. The lowest BCUT2D eigenvalue weighted by molar-refractivity contribution is -0.137. The van der Waals surface area contributed by atoms with E-state index in [1.807, 2.05) is 36.1 Å². The summed E-state index contributed by atoms with van der Waals surface area (Å²) in [5, 5.41) is 4.15. The van der Waals surface area contributed by atoms with Crippen LogP contribution in [0.25, 0.3) is 10.6 Å². The van der Waals surface area contributed by atoms with Gasteiger partial charge < -0.3 is 9.88 Å². The molecule has 3 nitrogen and oxygen atoms in total. The first-order chi connectivity index (χ1) is 11.4. The van der Waals surface area contributed by atoms with Crippen LogP contribution in [0.15, 0.2) is 48.8 Å². The SMILES string of the molecule is Cn1cccc1-c1cnc(CNCc2ccc(C(F)(F)F)cc2)s1. The Morgan fingerprint density at radius 3 is 2.50 bits per heavy atom. The maximum Gasteiger partial charge on any atom is 0.416 e. The Hall–Kier alpha value is -2.12. The third kappa shape index (κ3) is 3.85. The smallest absolute Gasteiger partial charge is 0.350 e. The molecule has 0 radical (unpaired) electrons. The van der Waals surface area contributed by atoms with Crippen molar-refractivity contribution in [3.8, 4) is 10.6 Å². The largest absolute Gasteiger partial charge is 0.416 e. The van der Waals surface area contributed by atoms with Gasteiger partial charge in [0.05, 0.1) is 16.1 Å². The molecule has 1 N–H and O–H groups in total. The molecule has 126 valence electrons. The second-order valence-electron chi connectivity index (χ2n) is 5.42. The molecule has 0 fully saturated rings. The van der Waals surface area contributed by atoms with Crippen LogP contribution in [0.1, 0.15) is 16.1 Å². The Balaban J connectivity index is 1.55. The van der Waals surface area contributed by atoms with Crippen molar-refractivity contribution in [3.05, 3.63) is 64.9 Å². The van der Waals surface area contributed by atoms with Gasteiger partial charge in [0.1, 0.15) is 5.01 Å². The second kappa shape index (κ2) is 6.78. The number of rotatable bonds is 5. The summed E-state index contributed by atoms with van der Waals surface area (Å²) in [5.41, 5.74) is 1.29. The van der Waals surface area contributed by atoms with Gasteiger partial charge in [0.2, 0.25) is 0 Å². The van der Waals surface area contributed by atoms with E-state index in [0.717, 1.165) is 33.3 Å². The lowest BCUT2D eigenvalue weighted by Gasteiger charge is -2.08. The number of aromatic nitrogens is 2. The maximum absolute atomic E-state index is 12.5. The fraction of sp³-hybridized carbons (Fsp3) is 0.235. The normalized spacial score (nSPS) is 11.8. The number of benzene rings is 1. The highest BCUT2D eigenvalue weighted by atomic mass is 32.1. The van der Waals surface area contributed by atoms with Crippen LogP contribution in [0.5, 0.6) is 0 Å². The van der Waals surface area contributed by atoms with Crippen molar-refractivity contribution in [2.75, 3.05) is 0 Å². The maximum atomic E-state index is 12.5. The van der Waals surface area contributed by atoms with Gasteiger partial charge in [0.15, 0.2) is 0 Å². The van der Waals surface area contributed by atoms with Crippen molar-refractivity contribution in [1.82, 2.24) is 14.9 Å². The highest BCUT2D eigenvalue weighted by Gasteiger charge is 2.29. The molecule has 3 aromatic rings. The molecule has 24 heavy (non-hydrogen) atoms. The van der Waals surface area contributed by atoms with Gasteiger partial charge in [0.25, 0.3) is 0 Å². The van der Waals surface area contributed by atoms with Gasteiger partial charge in [-0.1, -0.05) is 12.1 Å². The van der Waals surface area contributed by atoms with Crippen molar-refractivity contribution in [2.24, 2.45) is 7.05 Å². The average Bonchev–Trinajstić information content (AvgIpc) is 3.15. The van der Waals surface area contributed by atoms with E-state index in [-0.39, 0.29) is 0 Å². The average molecular weight is 351 g/mol. The summed E-state index contributed by atoms with van der Waals surface area (Å²) in [4.78, 5) is 5.48. The molecule has 0 unspecified atom stereocenters. The topological polar surface area (TPSA) is 29.9 Å². The van der Waals surface area contributed by atoms with Crippen molar-refractivity contribution in [3.63, 3.8) is 0 Å². The molecule has 0 amide bonds. The molecule has 2 heterocycles. The minimum atomic E-state index is -4.29. The van der Waals surface area contributed by atoms with Crippen LogP contribution >= 0.6 is 11.3 Å².